The number of urea groups is 1. The van der Waals surface area contributed by atoms with Crippen molar-refractivity contribution in [3.8, 4) is 11.4 Å². The topological polar surface area (TPSA) is 124 Å². The lowest BCUT2D eigenvalue weighted by Gasteiger charge is -2.33. The minimum atomic E-state index is -3.60. The molecule has 1 aliphatic heterocycles. The van der Waals surface area contributed by atoms with Gasteiger partial charge in [0.05, 0.1) is 0 Å². The monoisotopic (exact) mass is 453 g/mol. The normalized spacial score (nSPS) is 17.3. The van der Waals surface area contributed by atoms with Crippen molar-refractivity contribution in [2.24, 2.45) is 0 Å². The van der Waals surface area contributed by atoms with Gasteiger partial charge >= 0.3 is 6.03 Å². The van der Waals surface area contributed by atoms with Gasteiger partial charge in [-0.1, -0.05) is 0 Å². The molecule has 2 aliphatic rings. The number of carbonyl (C=O) groups is 1. The van der Waals surface area contributed by atoms with E-state index in [0.717, 1.165) is 24.2 Å². The Morgan fingerprint density at radius 1 is 1.06 bits per heavy atom. The molecule has 2 fully saturated rings. The summed E-state index contributed by atoms with van der Waals surface area (Å²) in [6.07, 6.45) is 5.18. The molecule has 32 heavy (non-hydrogen) atoms. The number of aromatic nitrogens is 4. The number of sulfonamides is 1. The predicted molar refractivity (Wildman–Crippen MR) is 117 cm³/mol. The number of carbonyl (C=O) groups excluding carboxylic acids is 1. The van der Waals surface area contributed by atoms with Crippen molar-refractivity contribution in [3.05, 3.63) is 54.6 Å². The number of nitrogens with zero attached hydrogens (tertiary/aromatic N) is 5. The molecular formula is C21H23N7O3S. The number of pyridine rings is 1. The highest BCUT2D eigenvalue weighted by Gasteiger charge is 2.30. The van der Waals surface area contributed by atoms with E-state index in [9.17, 15) is 13.2 Å². The first-order valence-corrected chi connectivity index (χ1v) is 11.9. The van der Waals surface area contributed by atoms with Crippen LogP contribution in [0.15, 0.2) is 53.7 Å². The zero-order valence-corrected chi connectivity index (χ0v) is 18.1. The number of anilines is 1. The van der Waals surface area contributed by atoms with E-state index in [0.29, 0.717) is 30.5 Å². The van der Waals surface area contributed by atoms with Crippen LogP contribution in [0.5, 0.6) is 0 Å². The fourth-order valence-corrected chi connectivity index (χ4v) is 5.01. The first-order valence-electron chi connectivity index (χ1n) is 10.5. The van der Waals surface area contributed by atoms with Crippen LogP contribution in [-0.4, -0.2) is 70.0 Å². The van der Waals surface area contributed by atoms with Gasteiger partial charge in [-0.2, -0.15) is 9.40 Å². The number of hydrogen-bond donors (Lipinski definition) is 2. The molecule has 1 saturated heterocycles. The van der Waals surface area contributed by atoms with E-state index >= 15 is 0 Å². The molecule has 5 rings (SSSR count). The van der Waals surface area contributed by atoms with Gasteiger partial charge in [-0.05, 0) is 49.2 Å². The third-order valence-electron chi connectivity index (χ3n) is 5.66. The van der Waals surface area contributed by atoms with Crippen LogP contribution in [0, 0.1) is 0 Å². The Hall–Kier alpha value is -3.31. The van der Waals surface area contributed by atoms with Crippen LogP contribution in [0.2, 0.25) is 0 Å². The largest absolute Gasteiger partial charge is 0.322 e. The van der Waals surface area contributed by atoms with E-state index < -0.39 is 10.0 Å². The molecule has 11 heteroatoms. The van der Waals surface area contributed by atoms with Crippen LogP contribution in [0.1, 0.15) is 24.6 Å². The van der Waals surface area contributed by atoms with E-state index in [1.54, 1.807) is 11.0 Å². The number of benzene rings is 1. The maximum Gasteiger partial charge on any atom is 0.321 e. The molecule has 166 valence electrons. The lowest BCUT2D eigenvalue weighted by atomic mass is 10.2. The Kier molecular flexibility index (Phi) is 5.35. The SMILES string of the molecule is O=C(Nc1ccc(-c2n[nH]c(C3CC3)n2)cc1)N1CCN(S(=O)(=O)c2cccnc2)CC1. The highest BCUT2D eigenvalue weighted by atomic mass is 32.2. The number of amides is 2. The molecule has 1 saturated carbocycles. The molecule has 0 atom stereocenters. The fourth-order valence-electron chi connectivity index (χ4n) is 3.63. The number of nitrogens with one attached hydrogen (secondary N) is 2. The molecule has 0 unspecified atom stereocenters. The number of H-pyrrole nitrogens is 1. The molecule has 0 radical (unpaired) electrons. The van der Waals surface area contributed by atoms with Crippen LogP contribution < -0.4 is 5.32 Å². The van der Waals surface area contributed by atoms with E-state index in [1.807, 2.05) is 24.3 Å². The summed E-state index contributed by atoms with van der Waals surface area (Å²) >= 11 is 0. The molecule has 0 bridgehead atoms. The zero-order valence-electron chi connectivity index (χ0n) is 17.3. The summed E-state index contributed by atoms with van der Waals surface area (Å²) in [6.45, 7) is 1.09. The quantitative estimate of drug-likeness (QED) is 0.611. The molecular weight excluding hydrogens is 430 g/mol. The van der Waals surface area contributed by atoms with Crippen molar-refractivity contribution < 1.29 is 13.2 Å². The molecule has 10 nitrogen and oxygen atoms in total. The van der Waals surface area contributed by atoms with E-state index in [1.165, 1.54) is 22.8 Å². The van der Waals surface area contributed by atoms with Crippen LogP contribution in [0.4, 0.5) is 10.5 Å². The van der Waals surface area contributed by atoms with Crippen molar-refractivity contribution >= 4 is 21.7 Å². The number of piperazine rings is 1. The van der Waals surface area contributed by atoms with Crippen molar-refractivity contribution in [1.82, 2.24) is 29.4 Å². The zero-order chi connectivity index (χ0) is 22.1. The summed E-state index contributed by atoms with van der Waals surface area (Å²) in [5.74, 6) is 2.09. The molecule has 2 amide bonds. The van der Waals surface area contributed by atoms with Crippen LogP contribution in [0.3, 0.4) is 0 Å². The Morgan fingerprint density at radius 2 is 1.81 bits per heavy atom. The standard InChI is InChI=1S/C21H23N7O3S/c29-21(27-10-12-28(13-11-27)32(30,31)18-2-1-9-22-14-18)23-17-7-5-16(6-8-17)20-24-19(25-26-20)15-3-4-15/h1-2,5-9,14-15H,3-4,10-13H2,(H,23,29)(H,24,25,26). The van der Waals surface area contributed by atoms with Crippen molar-refractivity contribution in [2.75, 3.05) is 31.5 Å². The predicted octanol–water partition coefficient (Wildman–Crippen LogP) is 2.28. The minimum Gasteiger partial charge on any atom is -0.322 e. The van der Waals surface area contributed by atoms with Gasteiger partial charge in [0, 0.05) is 55.7 Å². The second-order valence-electron chi connectivity index (χ2n) is 7.91. The van der Waals surface area contributed by atoms with Crippen molar-refractivity contribution in [2.45, 2.75) is 23.7 Å². The third kappa shape index (κ3) is 4.21. The van der Waals surface area contributed by atoms with Crippen LogP contribution in [-0.2, 0) is 10.0 Å². The second kappa shape index (κ2) is 8.32. The molecule has 1 aliphatic carbocycles. The Balaban J connectivity index is 1.17. The highest BCUT2D eigenvalue weighted by molar-refractivity contribution is 7.89. The Bertz CT molecular complexity index is 1200. The van der Waals surface area contributed by atoms with Gasteiger partial charge in [-0.25, -0.2) is 18.2 Å². The molecule has 3 aromatic rings. The summed E-state index contributed by atoms with van der Waals surface area (Å²) in [4.78, 5) is 22.8. The number of rotatable bonds is 5. The molecule has 1 aromatic carbocycles. The average molecular weight is 454 g/mol. The summed E-state index contributed by atoms with van der Waals surface area (Å²) < 4.78 is 26.8. The van der Waals surface area contributed by atoms with Gasteiger partial charge in [0.1, 0.15) is 10.7 Å². The number of hydrogen-bond acceptors (Lipinski definition) is 6. The molecule has 2 aromatic heterocycles. The molecule has 2 N–H and O–H groups in total. The average Bonchev–Trinajstić information content (AvgIpc) is 3.57. The van der Waals surface area contributed by atoms with Gasteiger partial charge in [0.25, 0.3) is 0 Å². The van der Waals surface area contributed by atoms with Gasteiger partial charge in [-0.3, -0.25) is 10.1 Å². The summed E-state index contributed by atoms with van der Waals surface area (Å²) in [5, 5.41) is 10.1. The fraction of sp³-hybridized carbons (Fsp3) is 0.333. The van der Waals surface area contributed by atoms with Crippen molar-refractivity contribution in [1.29, 1.82) is 0 Å². The smallest absolute Gasteiger partial charge is 0.321 e. The Labute approximate surface area is 185 Å². The molecule has 3 heterocycles. The van der Waals surface area contributed by atoms with Gasteiger partial charge in [0.15, 0.2) is 5.82 Å². The summed E-state index contributed by atoms with van der Waals surface area (Å²) in [6, 6.07) is 10.2. The summed E-state index contributed by atoms with van der Waals surface area (Å²) in [5.41, 5.74) is 1.53. The van der Waals surface area contributed by atoms with Crippen LogP contribution in [0.25, 0.3) is 11.4 Å². The van der Waals surface area contributed by atoms with Crippen LogP contribution >= 0.6 is 0 Å². The van der Waals surface area contributed by atoms with Gasteiger partial charge < -0.3 is 10.2 Å². The summed E-state index contributed by atoms with van der Waals surface area (Å²) in [7, 11) is -3.60. The van der Waals surface area contributed by atoms with Crippen molar-refractivity contribution in [3.63, 3.8) is 0 Å². The highest BCUT2D eigenvalue weighted by Crippen LogP contribution is 2.38. The third-order valence-corrected chi connectivity index (χ3v) is 7.54. The lowest BCUT2D eigenvalue weighted by Crippen LogP contribution is -2.51. The minimum absolute atomic E-state index is 0.161. The van der Waals surface area contributed by atoms with E-state index in [-0.39, 0.29) is 24.0 Å². The van der Waals surface area contributed by atoms with Gasteiger partial charge in [0.2, 0.25) is 10.0 Å². The first kappa shape index (κ1) is 20.6. The number of aromatic amines is 1. The molecule has 0 spiro atoms. The lowest BCUT2D eigenvalue weighted by molar-refractivity contribution is 0.184. The maximum absolute atomic E-state index is 12.7. The second-order valence-corrected chi connectivity index (χ2v) is 9.84. The first-order chi connectivity index (χ1) is 15.5. The van der Waals surface area contributed by atoms with E-state index in [4.69, 9.17) is 0 Å². The van der Waals surface area contributed by atoms with E-state index in [2.05, 4.69) is 25.5 Å². The van der Waals surface area contributed by atoms with Gasteiger partial charge in [-0.15, -0.1) is 0 Å². The Morgan fingerprint density at radius 3 is 2.47 bits per heavy atom. The maximum atomic E-state index is 12.7.